The third kappa shape index (κ3) is 3.82. The molecule has 0 saturated heterocycles. The fourth-order valence-corrected chi connectivity index (χ4v) is 2.43. The minimum atomic E-state index is -2.00. The highest BCUT2D eigenvalue weighted by molar-refractivity contribution is 7.46. The molecule has 0 radical (unpaired) electrons. The van der Waals surface area contributed by atoms with Crippen molar-refractivity contribution >= 4 is 28.9 Å². The first kappa shape index (κ1) is 11.8. The van der Waals surface area contributed by atoms with Gasteiger partial charge in [-0.15, -0.1) is 22.2 Å². The maximum atomic E-state index is 6.17. The van der Waals surface area contributed by atoms with Crippen LogP contribution in [0.25, 0.3) is 0 Å². The molecule has 0 rings (SSSR count). The van der Waals surface area contributed by atoms with Crippen LogP contribution in [0.5, 0.6) is 0 Å². The van der Waals surface area contributed by atoms with E-state index >= 15 is 0 Å². The van der Waals surface area contributed by atoms with Crippen LogP contribution in [-0.4, -0.2) is 6.69 Å². The molecule has 0 nitrogen and oxygen atoms in total. The summed E-state index contributed by atoms with van der Waals surface area (Å²) in [5, 5.41) is 0.129. The second kappa shape index (κ2) is 3.67. The Balaban J connectivity index is 4.22. The summed E-state index contributed by atoms with van der Waals surface area (Å²) in [6.07, 6.45) is 1.11. The summed E-state index contributed by atoms with van der Waals surface area (Å²) in [4.78, 5) is 0. The van der Waals surface area contributed by atoms with Gasteiger partial charge in [0.15, 0.2) is 0 Å². The van der Waals surface area contributed by atoms with Gasteiger partial charge >= 0.3 is 0 Å². The van der Waals surface area contributed by atoms with E-state index in [2.05, 4.69) is 27.7 Å². The van der Waals surface area contributed by atoms with Crippen LogP contribution >= 0.6 is 22.2 Å². The summed E-state index contributed by atoms with van der Waals surface area (Å²) in [7, 11) is 0. The fourth-order valence-electron chi connectivity index (χ4n) is 1.20. The Morgan fingerprint density at radius 3 is 1.73 bits per heavy atom. The Kier molecular flexibility index (Phi) is 3.94. The zero-order valence-corrected chi connectivity index (χ0v) is 10.6. The van der Waals surface area contributed by atoms with Gasteiger partial charge < -0.3 is 0 Å². The molecule has 0 bridgehead atoms. The molecule has 0 aliphatic carbocycles. The second-order valence-corrected chi connectivity index (χ2v) is 12.6. The van der Waals surface area contributed by atoms with Gasteiger partial charge in [0.1, 0.15) is 0 Å². The largest absolute Gasteiger partial charge is 0.253 e. The molecule has 3 heteroatoms. The highest BCUT2D eigenvalue weighted by Crippen LogP contribution is 2.47. The highest BCUT2D eigenvalue weighted by atomic mass is 35.7. The van der Waals surface area contributed by atoms with Crippen molar-refractivity contribution in [2.24, 2.45) is 5.92 Å². The van der Waals surface area contributed by atoms with Gasteiger partial charge in [0.05, 0.1) is 0 Å². The normalized spacial score (nSPS) is 14.2. The Hall–Kier alpha value is 0.797. The summed E-state index contributed by atoms with van der Waals surface area (Å²) in [6, 6.07) is 0. The maximum absolute atomic E-state index is 6.17. The second-order valence-electron chi connectivity index (χ2n) is 4.37. The zero-order valence-electron chi connectivity index (χ0n) is 8.04. The van der Waals surface area contributed by atoms with Crippen molar-refractivity contribution in [2.45, 2.75) is 45.7 Å². The molecule has 0 fully saturated rings. The van der Waals surface area contributed by atoms with E-state index in [0.717, 1.165) is 6.42 Å². The first-order chi connectivity index (χ1) is 4.67. The molecule has 0 spiro atoms. The molecule has 0 amide bonds. The van der Waals surface area contributed by atoms with Gasteiger partial charge in [0, 0.05) is 0 Å². The average molecular weight is 213 g/mol. The third-order valence-electron chi connectivity index (χ3n) is 2.11. The summed E-state index contributed by atoms with van der Waals surface area (Å²) in [6.45, 7) is 8.74. The van der Waals surface area contributed by atoms with E-state index in [1.165, 1.54) is 0 Å². The molecular weight excluding hydrogens is 195 g/mol. The quantitative estimate of drug-likeness (QED) is 0.482. The summed E-state index contributed by atoms with van der Waals surface area (Å²) in [5.74, 6) is 0.675. The van der Waals surface area contributed by atoms with E-state index in [-0.39, 0.29) is 5.04 Å². The van der Waals surface area contributed by atoms with Crippen molar-refractivity contribution in [3.63, 3.8) is 0 Å². The summed E-state index contributed by atoms with van der Waals surface area (Å²) < 4.78 is 0. The smallest absolute Gasteiger partial charge is 0.146 e. The number of hydrogen-bond donors (Lipinski definition) is 0. The van der Waals surface area contributed by atoms with Gasteiger partial charge in [-0.3, -0.25) is 0 Å². The molecule has 0 aromatic rings. The van der Waals surface area contributed by atoms with Gasteiger partial charge in [-0.25, -0.2) is 0 Å². The standard InChI is InChI=1S/C8H18Cl2Si/c1-7(2)6-8(3,4)11(5,9)10/h7H,6H2,1-5H3. The van der Waals surface area contributed by atoms with E-state index in [0.29, 0.717) is 5.92 Å². The van der Waals surface area contributed by atoms with Crippen molar-refractivity contribution in [1.82, 2.24) is 0 Å². The molecule has 0 N–H and O–H groups in total. The van der Waals surface area contributed by atoms with Crippen molar-refractivity contribution in [1.29, 1.82) is 0 Å². The predicted molar refractivity (Wildman–Crippen MR) is 56.8 cm³/mol. The van der Waals surface area contributed by atoms with Gasteiger partial charge in [0.2, 0.25) is 0 Å². The van der Waals surface area contributed by atoms with Crippen molar-refractivity contribution in [3.05, 3.63) is 0 Å². The topological polar surface area (TPSA) is 0 Å². The first-order valence-corrected chi connectivity index (χ1v) is 8.57. The molecule has 68 valence electrons. The Morgan fingerprint density at radius 2 is 1.64 bits per heavy atom. The highest BCUT2D eigenvalue weighted by Gasteiger charge is 2.40. The van der Waals surface area contributed by atoms with E-state index in [4.69, 9.17) is 22.2 Å². The van der Waals surface area contributed by atoms with Gasteiger partial charge in [-0.05, 0) is 23.9 Å². The van der Waals surface area contributed by atoms with E-state index in [1.54, 1.807) is 0 Å². The van der Waals surface area contributed by atoms with Crippen LogP contribution in [0.3, 0.4) is 0 Å². The average Bonchev–Trinajstić information content (AvgIpc) is 1.56. The fraction of sp³-hybridized carbons (Fsp3) is 1.00. The molecule has 0 unspecified atom stereocenters. The molecule has 0 aromatic carbocycles. The van der Waals surface area contributed by atoms with Crippen molar-refractivity contribution in [2.75, 3.05) is 0 Å². The lowest BCUT2D eigenvalue weighted by atomic mass is 10.00. The van der Waals surface area contributed by atoms with Crippen LogP contribution in [0.4, 0.5) is 0 Å². The molecule has 0 atom stereocenters. The lowest BCUT2D eigenvalue weighted by molar-refractivity contribution is 0.478. The molecule has 0 aliphatic rings. The van der Waals surface area contributed by atoms with Gasteiger partial charge in [0.25, 0.3) is 6.69 Å². The monoisotopic (exact) mass is 212 g/mol. The first-order valence-electron chi connectivity index (χ1n) is 4.04. The Morgan fingerprint density at radius 1 is 1.27 bits per heavy atom. The molecule has 0 aliphatic heterocycles. The van der Waals surface area contributed by atoms with E-state index < -0.39 is 6.69 Å². The molecular formula is C8H18Cl2Si. The van der Waals surface area contributed by atoms with E-state index in [9.17, 15) is 0 Å². The van der Waals surface area contributed by atoms with Crippen LogP contribution in [0, 0.1) is 5.92 Å². The minimum absolute atomic E-state index is 0.129. The Labute approximate surface area is 80.7 Å². The summed E-state index contributed by atoms with van der Waals surface area (Å²) >= 11 is 12.3. The molecule has 0 saturated carbocycles. The van der Waals surface area contributed by atoms with Crippen molar-refractivity contribution in [3.8, 4) is 0 Å². The number of hydrogen-bond acceptors (Lipinski definition) is 0. The van der Waals surface area contributed by atoms with E-state index in [1.807, 2.05) is 6.55 Å². The minimum Gasteiger partial charge on any atom is -0.146 e. The zero-order chi connectivity index (χ0) is 9.28. The lowest BCUT2D eigenvalue weighted by Crippen LogP contribution is -2.31. The molecule has 0 aromatic heterocycles. The number of halogens is 2. The summed E-state index contributed by atoms with van der Waals surface area (Å²) in [5.41, 5.74) is 0. The number of rotatable bonds is 3. The van der Waals surface area contributed by atoms with Crippen LogP contribution in [0.2, 0.25) is 11.6 Å². The SMILES string of the molecule is CC(C)CC(C)(C)[Si](C)(Cl)Cl. The third-order valence-corrected chi connectivity index (χ3v) is 7.76. The van der Waals surface area contributed by atoms with Gasteiger partial charge in [-0.2, -0.15) is 0 Å². The van der Waals surface area contributed by atoms with Crippen LogP contribution in [0.15, 0.2) is 0 Å². The van der Waals surface area contributed by atoms with Crippen LogP contribution < -0.4 is 0 Å². The maximum Gasteiger partial charge on any atom is 0.253 e. The van der Waals surface area contributed by atoms with Crippen LogP contribution in [-0.2, 0) is 0 Å². The van der Waals surface area contributed by atoms with Crippen molar-refractivity contribution < 1.29 is 0 Å². The Bertz CT molecular complexity index is 125. The molecule has 0 heterocycles. The molecule has 11 heavy (non-hydrogen) atoms. The lowest BCUT2D eigenvalue weighted by Gasteiger charge is -2.33. The van der Waals surface area contributed by atoms with Gasteiger partial charge in [-0.1, -0.05) is 27.7 Å². The predicted octanol–water partition coefficient (Wildman–Crippen LogP) is 4.36. The van der Waals surface area contributed by atoms with Crippen LogP contribution in [0.1, 0.15) is 34.1 Å².